The van der Waals surface area contributed by atoms with E-state index in [1.807, 2.05) is 19.9 Å². The van der Waals surface area contributed by atoms with E-state index in [1.54, 1.807) is 34.3 Å². The number of ketones is 1. The maximum atomic E-state index is 14.1. The third kappa shape index (κ3) is 5.89. The van der Waals surface area contributed by atoms with Gasteiger partial charge >= 0.3 is 0 Å². The summed E-state index contributed by atoms with van der Waals surface area (Å²) in [5, 5.41) is 9.78. The van der Waals surface area contributed by atoms with Crippen molar-refractivity contribution < 1.29 is 32.2 Å². The smallest absolute Gasteiger partial charge is 0.261 e. The Morgan fingerprint density at radius 3 is 2.77 bits per heavy atom. The van der Waals surface area contributed by atoms with Crippen molar-refractivity contribution in [3.63, 3.8) is 0 Å². The van der Waals surface area contributed by atoms with Crippen LogP contribution in [0.25, 0.3) is 0 Å². The number of halogens is 3. The number of aliphatic imine (C=N–C) groups is 1. The van der Waals surface area contributed by atoms with Gasteiger partial charge in [-0.25, -0.2) is 13.2 Å². The third-order valence-electron chi connectivity index (χ3n) is 9.55. The van der Waals surface area contributed by atoms with Crippen LogP contribution in [0.5, 0.6) is 5.75 Å². The van der Waals surface area contributed by atoms with Gasteiger partial charge in [0, 0.05) is 31.6 Å². The van der Waals surface area contributed by atoms with Crippen LogP contribution in [0.2, 0.25) is 0 Å². The maximum Gasteiger partial charge on any atom is 0.261 e. The minimum atomic E-state index is -2.62. The molecule has 4 aliphatic heterocycles. The second-order valence-corrected chi connectivity index (χ2v) is 12.7. The summed E-state index contributed by atoms with van der Waals surface area (Å²) in [4.78, 5) is 32.9. The highest BCUT2D eigenvalue weighted by Gasteiger charge is 2.52. The predicted octanol–water partition coefficient (Wildman–Crippen LogP) is 2.87. The number of carbonyl (C=O) groups is 2. The number of likely N-dealkylation sites (tertiary alicyclic amines) is 1. The second kappa shape index (κ2) is 12.2. The van der Waals surface area contributed by atoms with Gasteiger partial charge in [-0.1, -0.05) is 30.7 Å². The van der Waals surface area contributed by atoms with Crippen molar-refractivity contribution in [2.24, 2.45) is 27.7 Å². The first-order valence-electron chi connectivity index (χ1n) is 15.3. The number of Topliss-reactive ketones (excluding diaryl/α,β-unsaturated/α-hetero) is 1. The Hall–Kier alpha value is -3.29. The van der Waals surface area contributed by atoms with E-state index in [9.17, 15) is 22.8 Å². The third-order valence-corrected chi connectivity index (χ3v) is 9.55. The molecule has 6 rings (SSSR count). The zero-order chi connectivity index (χ0) is 31.2. The van der Waals surface area contributed by atoms with Gasteiger partial charge in [0.25, 0.3) is 6.43 Å². The zero-order valence-electron chi connectivity index (χ0n) is 24.9. The monoisotopic (exact) mass is 616 g/mol. The van der Waals surface area contributed by atoms with Crippen molar-refractivity contribution in [2.75, 3.05) is 19.7 Å². The van der Waals surface area contributed by atoms with Crippen molar-refractivity contribution in [2.45, 2.75) is 88.3 Å². The number of nitrogens with zero attached hydrogens (tertiary/aromatic N) is 4. The van der Waals surface area contributed by atoms with Crippen LogP contribution in [0, 0.1) is 17.7 Å². The van der Waals surface area contributed by atoms with Crippen molar-refractivity contribution >= 4 is 23.8 Å². The number of hydrazone groups is 1. The van der Waals surface area contributed by atoms with Crippen LogP contribution in [0.3, 0.4) is 0 Å². The maximum absolute atomic E-state index is 14.1. The number of nitrogens with one attached hydrogen (secondary N) is 1. The average Bonchev–Trinajstić information content (AvgIpc) is 3.68. The zero-order valence-corrected chi connectivity index (χ0v) is 24.9. The molecule has 0 spiro atoms. The highest BCUT2D eigenvalue weighted by Crippen LogP contribution is 2.40. The number of amides is 1. The molecule has 3 N–H and O–H groups in total. The molecule has 1 amide bonds. The Morgan fingerprint density at radius 2 is 2.07 bits per heavy atom. The Bertz CT molecular complexity index is 1370. The topological polar surface area (TPSA) is 122 Å². The number of benzene rings is 1. The second-order valence-electron chi connectivity index (χ2n) is 12.7. The Labute approximate surface area is 254 Å². The van der Waals surface area contributed by atoms with Crippen LogP contribution in [-0.2, 0) is 14.3 Å². The number of nitrogens with two attached hydrogens (primary N) is 1. The highest BCUT2D eigenvalue weighted by atomic mass is 19.3. The molecule has 0 aromatic heterocycles. The fourth-order valence-corrected chi connectivity index (χ4v) is 7.27. The SMILES string of the molecule is CC1CC(Oc2ccccc2F)=NCC1N1N=CC(C(=O)C2(C)CC3=CC(OCC(F)F)C(N4CCCC4=O)CC3N2)C1N. The van der Waals surface area contributed by atoms with E-state index >= 15 is 0 Å². The predicted molar refractivity (Wildman–Crippen MR) is 157 cm³/mol. The minimum Gasteiger partial charge on any atom is -0.440 e. The molecule has 44 heavy (non-hydrogen) atoms. The van der Waals surface area contributed by atoms with Gasteiger partial charge in [-0.3, -0.25) is 24.9 Å². The molecule has 2 fully saturated rings. The van der Waals surface area contributed by atoms with E-state index < -0.39 is 42.6 Å². The van der Waals surface area contributed by atoms with Crippen LogP contribution in [0.15, 0.2) is 46.0 Å². The number of fused-ring (bicyclic) bond motifs is 1. The van der Waals surface area contributed by atoms with Gasteiger partial charge in [0.2, 0.25) is 5.91 Å². The molecule has 8 unspecified atom stereocenters. The highest BCUT2D eigenvalue weighted by molar-refractivity contribution is 6.02. The standard InChI is InChI=1S/C31H39F3N6O4/c1-17-10-27(44-24-7-4-3-6-20(24)32)36-15-23(17)40-30(35)19(14-37-40)29(42)31(2)13-18-11-25(43-16-26(33)34)22(12-21(18)38-31)39-9-5-8-28(39)41/h3-4,6-7,11,14,17,19,21-23,25-26,30,38H,5,8-10,12-13,15-16,35H2,1-2H3. The van der Waals surface area contributed by atoms with E-state index in [4.69, 9.17) is 15.2 Å². The fourth-order valence-electron chi connectivity index (χ4n) is 7.27. The lowest BCUT2D eigenvalue weighted by Gasteiger charge is -2.39. The summed E-state index contributed by atoms with van der Waals surface area (Å²) in [6.07, 6.45) is 1.91. The summed E-state index contributed by atoms with van der Waals surface area (Å²) >= 11 is 0. The van der Waals surface area contributed by atoms with Gasteiger partial charge in [-0.15, -0.1) is 0 Å². The fraction of sp³-hybridized carbons (Fsp3) is 0.613. The minimum absolute atomic E-state index is 0.00486. The van der Waals surface area contributed by atoms with Gasteiger partial charge in [-0.2, -0.15) is 5.10 Å². The first-order valence-corrected chi connectivity index (χ1v) is 15.3. The summed E-state index contributed by atoms with van der Waals surface area (Å²) in [6.45, 7) is 4.03. The first-order chi connectivity index (χ1) is 21.0. The molecule has 1 aromatic rings. The van der Waals surface area contributed by atoms with Crippen molar-refractivity contribution in [3.8, 4) is 5.75 Å². The molecular weight excluding hydrogens is 577 g/mol. The molecule has 1 aliphatic carbocycles. The normalized spacial score (nSPS) is 35.2. The number of rotatable bonds is 8. The molecular formula is C31H39F3N6O4. The Balaban J connectivity index is 1.12. The molecule has 10 nitrogen and oxygen atoms in total. The van der Waals surface area contributed by atoms with Gasteiger partial charge in [-0.05, 0) is 44.2 Å². The van der Waals surface area contributed by atoms with Crippen LogP contribution < -0.4 is 15.8 Å². The molecule has 5 aliphatic rings. The molecule has 13 heteroatoms. The van der Waals surface area contributed by atoms with Gasteiger partial charge in [0.1, 0.15) is 12.8 Å². The van der Waals surface area contributed by atoms with E-state index in [2.05, 4.69) is 15.4 Å². The number of para-hydroxylation sites is 1. The van der Waals surface area contributed by atoms with E-state index in [0.29, 0.717) is 44.7 Å². The summed E-state index contributed by atoms with van der Waals surface area (Å²) in [5.41, 5.74) is 6.61. The number of alkyl halides is 2. The average molecular weight is 617 g/mol. The molecule has 238 valence electrons. The van der Waals surface area contributed by atoms with E-state index in [0.717, 1.165) is 12.0 Å². The molecule has 8 atom stereocenters. The lowest BCUT2D eigenvalue weighted by Crippen LogP contribution is -2.58. The van der Waals surface area contributed by atoms with Crippen LogP contribution in [-0.4, -0.2) is 95.8 Å². The summed E-state index contributed by atoms with van der Waals surface area (Å²) in [6, 6.07) is 5.42. The van der Waals surface area contributed by atoms with Crippen LogP contribution >= 0.6 is 0 Å². The first kappa shape index (κ1) is 30.7. The van der Waals surface area contributed by atoms with Crippen LogP contribution in [0.1, 0.15) is 46.0 Å². The summed E-state index contributed by atoms with van der Waals surface area (Å²) < 4.78 is 51.5. The Morgan fingerprint density at radius 1 is 1.27 bits per heavy atom. The van der Waals surface area contributed by atoms with Gasteiger partial charge in [0.15, 0.2) is 23.2 Å². The number of hydrogen-bond acceptors (Lipinski definition) is 9. The molecule has 4 heterocycles. The van der Waals surface area contributed by atoms with E-state index in [-0.39, 0.29) is 41.5 Å². The summed E-state index contributed by atoms with van der Waals surface area (Å²) in [5.74, 6) is -0.672. The summed E-state index contributed by atoms with van der Waals surface area (Å²) in [7, 11) is 0. The molecule has 1 aromatic carbocycles. The molecule has 0 saturated carbocycles. The van der Waals surface area contributed by atoms with E-state index in [1.165, 1.54) is 6.07 Å². The lowest BCUT2D eigenvalue weighted by atomic mass is 9.82. The van der Waals surface area contributed by atoms with Crippen LogP contribution in [0.4, 0.5) is 13.2 Å². The van der Waals surface area contributed by atoms with Crippen molar-refractivity contribution in [3.05, 3.63) is 41.7 Å². The number of carbonyl (C=O) groups excluding carboxylic acids is 2. The molecule has 0 radical (unpaired) electrons. The number of hydrogen-bond donors (Lipinski definition) is 2. The molecule has 0 bridgehead atoms. The molecule has 2 saturated heterocycles. The van der Waals surface area contributed by atoms with Crippen molar-refractivity contribution in [1.29, 1.82) is 0 Å². The Kier molecular flexibility index (Phi) is 8.55. The number of ether oxygens (including phenoxy) is 2. The lowest BCUT2D eigenvalue weighted by molar-refractivity contribution is -0.133. The largest absolute Gasteiger partial charge is 0.440 e. The van der Waals surface area contributed by atoms with Gasteiger partial charge in [0.05, 0.1) is 36.2 Å². The quantitative estimate of drug-likeness (QED) is 0.431. The van der Waals surface area contributed by atoms with Gasteiger partial charge < -0.3 is 20.1 Å². The van der Waals surface area contributed by atoms with Crippen molar-refractivity contribution in [1.82, 2.24) is 15.2 Å².